The van der Waals surface area contributed by atoms with Crippen molar-refractivity contribution < 1.29 is 4.43 Å². The van der Waals surface area contributed by atoms with Gasteiger partial charge in [-0.25, -0.2) is 0 Å². The molecule has 2 nitrogen and oxygen atoms in total. The summed E-state index contributed by atoms with van der Waals surface area (Å²) < 4.78 is 5.47. The summed E-state index contributed by atoms with van der Waals surface area (Å²) in [6, 6.07) is 7.19. The Morgan fingerprint density at radius 2 is 2.15 bits per heavy atom. The first-order valence-electron chi connectivity index (χ1n) is 4.59. The van der Waals surface area contributed by atoms with Crippen LogP contribution in [-0.4, -0.2) is 20.4 Å². The van der Waals surface area contributed by atoms with Gasteiger partial charge in [0.05, 0.1) is 0 Å². The minimum absolute atomic E-state index is 1.04. The van der Waals surface area contributed by atoms with E-state index in [1.165, 1.54) is 5.69 Å². The third kappa shape index (κ3) is 3.70. The maximum absolute atomic E-state index is 5.47. The fourth-order valence-electron chi connectivity index (χ4n) is 1.08. The molecule has 3 heteroatoms. The molecule has 1 rings (SSSR count). The summed E-state index contributed by atoms with van der Waals surface area (Å²) >= 11 is 0. The van der Waals surface area contributed by atoms with Gasteiger partial charge in [0.15, 0.2) is 8.32 Å². The molecule has 0 unspecified atom stereocenters. The smallest absolute Gasteiger partial charge is 0.186 e. The van der Waals surface area contributed by atoms with Gasteiger partial charge in [0.1, 0.15) is 0 Å². The third-order valence-electron chi connectivity index (χ3n) is 2.26. The van der Waals surface area contributed by atoms with E-state index in [9.17, 15) is 0 Å². The van der Waals surface area contributed by atoms with E-state index in [-0.39, 0.29) is 0 Å². The molecular formula is C10H17NOSi. The first kappa shape index (κ1) is 10.4. The molecule has 0 saturated carbocycles. The summed E-state index contributed by atoms with van der Waals surface area (Å²) in [6.07, 6.45) is 2.88. The molecule has 0 aliphatic rings. The molecule has 0 spiro atoms. The van der Waals surface area contributed by atoms with Crippen molar-refractivity contribution in [2.45, 2.75) is 25.6 Å². The van der Waals surface area contributed by atoms with Gasteiger partial charge in [-0.2, -0.15) is 0 Å². The fourth-order valence-corrected chi connectivity index (χ4v) is 2.14. The molecule has 0 aliphatic heterocycles. The lowest BCUT2D eigenvalue weighted by atomic mass is 10.3. The molecule has 0 atom stereocenters. The van der Waals surface area contributed by atoms with Crippen molar-refractivity contribution in [3.63, 3.8) is 0 Å². The van der Waals surface area contributed by atoms with E-state index in [4.69, 9.17) is 4.43 Å². The highest BCUT2D eigenvalue weighted by Crippen LogP contribution is 2.12. The van der Waals surface area contributed by atoms with E-state index in [0.29, 0.717) is 0 Å². The summed E-state index contributed by atoms with van der Waals surface area (Å²) in [5.41, 5.74) is 1.17. The predicted octanol–water partition coefficient (Wildman–Crippen LogP) is 2.48. The summed E-state index contributed by atoms with van der Waals surface area (Å²) in [5.74, 6) is 0. The van der Waals surface area contributed by atoms with E-state index >= 15 is 0 Å². The van der Waals surface area contributed by atoms with Gasteiger partial charge in [-0.15, -0.1) is 0 Å². The van der Waals surface area contributed by atoms with Crippen LogP contribution in [0.25, 0.3) is 0 Å². The number of aromatic nitrogens is 1. The van der Waals surface area contributed by atoms with Crippen molar-refractivity contribution in [2.24, 2.45) is 0 Å². The zero-order chi connectivity index (χ0) is 9.73. The summed E-state index contributed by atoms with van der Waals surface area (Å²) in [4.78, 5) is 4.28. The lowest BCUT2D eigenvalue weighted by molar-refractivity contribution is 0.403. The van der Waals surface area contributed by atoms with Crippen LogP contribution in [0.5, 0.6) is 0 Å². The van der Waals surface area contributed by atoms with Crippen LogP contribution in [0, 0.1) is 0 Å². The number of hydrogen-bond acceptors (Lipinski definition) is 2. The zero-order valence-electron chi connectivity index (χ0n) is 8.58. The van der Waals surface area contributed by atoms with Crippen molar-refractivity contribution in [1.82, 2.24) is 4.98 Å². The van der Waals surface area contributed by atoms with Crippen molar-refractivity contribution in [2.75, 3.05) is 7.11 Å². The molecule has 0 fully saturated rings. The molecule has 0 amide bonds. The van der Waals surface area contributed by atoms with Gasteiger partial charge in [0.25, 0.3) is 0 Å². The Kier molecular flexibility index (Phi) is 3.63. The molecule has 0 aliphatic carbocycles. The van der Waals surface area contributed by atoms with Crippen LogP contribution in [0.2, 0.25) is 19.1 Å². The zero-order valence-corrected chi connectivity index (χ0v) is 9.58. The summed E-state index contributed by atoms with van der Waals surface area (Å²) in [7, 11) is 0.410. The molecule has 0 radical (unpaired) electrons. The van der Waals surface area contributed by atoms with Crippen LogP contribution in [-0.2, 0) is 10.8 Å². The highest BCUT2D eigenvalue weighted by molar-refractivity contribution is 6.71. The average Bonchev–Trinajstić information content (AvgIpc) is 2.17. The topological polar surface area (TPSA) is 22.1 Å². The molecule has 1 aromatic rings. The molecular weight excluding hydrogens is 178 g/mol. The number of aryl methyl sites for hydroxylation is 1. The van der Waals surface area contributed by atoms with Gasteiger partial charge in [0.2, 0.25) is 0 Å². The van der Waals surface area contributed by atoms with Crippen molar-refractivity contribution in [3.8, 4) is 0 Å². The quantitative estimate of drug-likeness (QED) is 0.689. The van der Waals surface area contributed by atoms with Gasteiger partial charge in [-0.1, -0.05) is 6.07 Å². The number of hydrogen-bond donors (Lipinski definition) is 0. The Morgan fingerprint density at radius 3 is 2.69 bits per heavy atom. The van der Waals surface area contributed by atoms with Crippen molar-refractivity contribution in [3.05, 3.63) is 30.1 Å². The van der Waals surface area contributed by atoms with Gasteiger partial charge in [-0.05, 0) is 37.7 Å². The highest BCUT2D eigenvalue weighted by atomic mass is 28.4. The average molecular weight is 195 g/mol. The van der Waals surface area contributed by atoms with Crippen LogP contribution in [0.4, 0.5) is 0 Å². The van der Waals surface area contributed by atoms with E-state index in [0.717, 1.165) is 12.5 Å². The standard InChI is InChI=1S/C10H17NOSi/c1-12-13(2,3)9-7-10-6-4-5-8-11-10/h4-6,8H,7,9H2,1-3H3. The Hall–Kier alpha value is -0.673. The first-order valence-corrected chi connectivity index (χ1v) is 7.71. The second-order valence-electron chi connectivity index (χ2n) is 3.78. The van der Waals surface area contributed by atoms with E-state index < -0.39 is 8.32 Å². The maximum atomic E-state index is 5.47. The summed E-state index contributed by atoms with van der Waals surface area (Å²) in [6.45, 7) is 4.46. The van der Waals surface area contributed by atoms with Crippen LogP contribution in [0.3, 0.4) is 0 Å². The molecule has 1 heterocycles. The predicted molar refractivity (Wildman–Crippen MR) is 57.2 cm³/mol. The van der Waals surface area contributed by atoms with Crippen LogP contribution in [0.15, 0.2) is 24.4 Å². The Morgan fingerprint density at radius 1 is 1.38 bits per heavy atom. The monoisotopic (exact) mass is 195 g/mol. The highest BCUT2D eigenvalue weighted by Gasteiger charge is 2.19. The van der Waals surface area contributed by atoms with E-state index in [1.807, 2.05) is 25.4 Å². The van der Waals surface area contributed by atoms with E-state index in [1.54, 1.807) is 0 Å². The normalized spacial score (nSPS) is 11.6. The lowest BCUT2D eigenvalue weighted by Gasteiger charge is -2.19. The lowest BCUT2D eigenvalue weighted by Crippen LogP contribution is -2.28. The minimum atomic E-state index is -1.40. The van der Waals surface area contributed by atoms with Gasteiger partial charge in [-0.3, -0.25) is 4.98 Å². The van der Waals surface area contributed by atoms with E-state index in [2.05, 4.69) is 24.1 Å². The summed E-state index contributed by atoms with van der Waals surface area (Å²) in [5, 5.41) is 0. The number of pyridine rings is 1. The Bertz CT molecular complexity index is 248. The molecule has 0 bridgehead atoms. The first-order chi connectivity index (χ1) is 6.14. The number of rotatable bonds is 4. The maximum Gasteiger partial charge on any atom is 0.186 e. The fraction of sp³-hybridized carbons (Fsp3) is 0.500. The van der Waals surface area contributed by atoms with Gasteiger partial charge >= 0.3 is 0 Å². The second kappa shape index (κ2) is 4.53. The molecule has 0 aromatic carbocycles. The molecule has 13 heavy (non-hydrogen) atoms. The SMILES string of the molecule is CO[Si](C)(C)CCc1ccccn1. The van der Waals surface area contributed by atoms with Gasteiger partial charge in [0, 0.05) is 19.0 Å². The number of nitrogens with zero attached hydrogens (tertiary/aromatic N) is 1. The van der Waals surface area contributed by atoms with Crippen molar-refractivity contribution >= 4 is 8.32 Å². The molecule has 1 aromatic heterocycles. The van der Waals surface area contributed by atoms with Crippen LogP contribution < -0.4 is 0 Å². The molecule has 0 N–H and O–H groups in total. The second-order valence-corrected chi connectivity index (χ2v) is 8.21. The van der Waals surface area contributed by atoms with Crippen molar-refractivity contribution in [1.29, 1.82) is 0 Å². The molecule has 0 saturated heterocycles. The van der Waals surface area contributed by atoms with Crippen LogP contribution >= 0.6 is 0 Å². The molecule has 72 valence electrons. The third-order valence-corrected chi connectivity index (χ3v) is 4.82. The minimum Gasteiger partial charge on any atom is -0.420 e. The largest absolute Gasteiger partial charge is 0.420 e. The van der Waals surface area contributed by atoms with Crippen LogP contribution in [0.1, 0.15) is 5.69 Å². The van der Waals surface area contributed by atoms with Gasteiger partial charge < -0.3 is 4.43 Å². The Balaban J connectivity index is 2.44. The Labute approximate surface area is 81.1 Å².